The van der Waals surface area contributed by atoms with Crippen LogP contribution in [0, 0.1) is 0 Å². The van der Waals surface area contributed by atoms with Gasteiger partial charge in [0.1, 0.15) is 6.04 Å². The summed E-state index contributed by atoms with van der Waals surface area (Å²) in [4.78, 5) is 29.7. The summed E-state index contributed by atoms with van der Waals surface area (Å²) in [6.45, 7) is 3.38. The zero-order valence-electron chi connectivity index (χ0n) is 15.8. The Morgan fingerprint density at radius 2 is 1.63 bits per heavy atom. The van der Waals surface area contributed by atoms with Crippen LogP contribution in [0.2, 0.25) is 0 Å². The number of benzene rings is 2. The quantitative estimate of drug-likeness (QED) is 0.836. The average Bonchev–Trinajstić information content (AvgIpc) is 3.19. The van der Waals surface area contributed by atoms with Gasteiger partial charge in [0.15, 0.2) is 0 Å². The Balaban J connectivity index is 1.58. The molecule has 0 unspecified atom stereocenters. The summed E-state index contributed by atoms with van der Waals surface area (Å²) in [5, 5.41) is 0. The molecule has 0 spiro atoms. The van der Waals surface area contributed by atoms with Crippen LogP contribution in [-0.4, -0.2) is 46.8 Å². The summed E-state index contributed by atoms with van der Waals surface area (Å²) in [6, 6.07) is 20.2. The number of carbonyl (C=O) groups is 2. The van der Waals surface area contributed by atoms with Gasteiger partial charge in [-0.15, -0.1) is 0 Å². The number of nitrogens with zero attached hydrogens (tertiary/aromatic N) is 2. The lowest BCUT2D eigenvalue weighted by Gasteiger charge is -2.42. The number of hydrogen-bond donors (Lipinski definition) is 0. The first-order chi connectivity index (χ1) is 13.1. The van der Waals surface area contributed by atoms with Crippen molar-refractivity contribution in [1.82, 2.24) is 9.80 Å². The van der Waals surface area contributed by atoms with Crippen molar-refractivity contribution >= 4 is 11.8 Å². The number of fused-ring (bicyclic) bond motifs is 1. The Labute approximate surface area is 160 Å². The Hall–Kier alpha value is -2.62. The summed E-state index contributed by atoms with van der Waals surface area (Å²) in [7, 11) is 0. The molecule has 140 valence electrons. The Morgan fingerprint density at radius 1 is 1.04 bits per heavy atom. The average molecular weight is 362 g/mol. The highest BCUT2D eigenvalue weighted by atomic mass is 16.2. The highest BCUT2D eigenvalue weighted by Gasteiger charge is 2.42. The van der Waals surface area contributed by atoms with Gasteiger partial charge < -0.3 is 9.80 Å². The molecule has 27 heavy (non-hydrogen) atoms. The van der Waals surface area contributed by atoms with Gasteiger partial charge in [-0.2, -0.15) is 0 Å². The van der Waals surface area contributed by atoms with Crippen LogP contribution < -0.4 is 0 Å². The topological polar surface area (TPSA) is 40.6 Å². The molecule has 2 aliphatic heterocycles. The van der Waals surface area contributed by atoms with E-state index in [0.29, 0.717) is 13.0 Å². The minimum Gasteiger partial charge on any atom is -0.336 e. The fourth-order valence-electron chi connectivity index (χ4n) is 4.48. The summed E-state index contributed by atoms with van der Waals surface area (Å²) in [5.74, 6) is 0.178. The van der Waals surface area contributed by atoms with E-state index in [-0.39, 0.29) is 29.8 Å². The van der Waals surface area contributed by atoms with Crippen LogP contribution in [0.5, 0.6) is 0 Å². The van der Waals surface area contributed by atoms with E-state index in [1.54, 1.807) is 0 Å². The van der Waals surface area contributed by atoms with Gasteiger partial charge in [-0.3, -0.25) is 9.59 Å². The minimum atomic E-state index is -0.362. The van der Waals surface area contributed by atoms with Crippen molar-refractivity contribution in [3.63, 3.8) is 0 Å². The molecular formula is C23H26N2O2. The molecule has 4 heteroatoms. The molecule has 4 rings (SSSR count). The molecule has 4 nitrogen and oxygen atoms in total. The van der Waals surface area contributed by atoms with Crippen LogP contribution >= 0.6 is 0 Å². The van der Waals surface area contributed by atoms with Gasteiger partial charge in [-0.25, -0.2) is 0 Å². The first kappa shape index (κ1) is 17.8. The molecule has 0 aliphatic carbocycles. The van der Waals surface area contributed by atoms with Gasteiger partial charge in [0, 0.05) is 31.5 Å². The maximum Gasteiger partial charge on any atom is 0.245 e. The predicted molar refractivity (Wildman–Crippen MR) is 105 cm³/mol. The number of hydrogen-bond acceptors (Lipinski definition) is 2. The van der Waals surface area contributed by atoms with Crippen LogP contribution in [0.1, 0.15) is 43.2 Å². The normalized spacial score (nSPS) is 22.2. The van der Waals surface area contributed by atoms with Crippen LogP contribution in [0.15, 0.2) is 60.7 Å². The van der Waals surface area contributed by atoms with Crippen molar-refractivity contribution in [3.8, 4) is 0 Å². The van der Waals surface area contributed by atoms with E-state index in [9.17, 15) is 9.59 Å². The van der Waals surface area contributed by atoms with E-state index >= 15 is 0 Å². The molecule has 0 radical (unpaired) electrons. The first-order valence-electron chi connectivity index (χ1n) is 9.85. The molecule has 2 aromatic carbocycles. The maximum atomic E-state index is 13.3. The number of amides is 2. The highest BCUT2D eigenvalue weighted by Crippen LogP contribution is 2.31. The first-order valence-corrected chi connectivity index (χ1v) is 9.85. The second-order valence-electron chi connectivity index (χ2n) is 7.63. The standard InChI is InChI=1S/C23H26N2O2/c1-17-23(27)24-14-8-13-20(24)16-25(17)22(26)15-21(18-9-4-2-5-10-18)19-11-6-3-7-12-19/h2-7,9-12,17,20-21H,8,13-16H2,1H3/t17-,20-/m0/s1. The molecule has 2 aromatic rings. The van der Waals surface area contributed by atoms with Crippen molar-refractivity contribution < 1.29 is 9.59 Å². The largest absolute Gasteiger partial charge is 0.336 e. The number of rotatable bonds is 4. The van der Waals surface area contributed by atoms with Crippen molar-refractivity contribution in [1.29, 1.82) is 0 Å². The van der Waals surface area contributed by atoms with Crippen molar-refractivity contribution in [2.45, 2.75) is 44.2 Å². The molecule has 2 aliphatic rings. The van der Waals surface area contributed by atoms with Crippen LogP contribution in [-0.2, 0) is 9.59 Å². The van der Waals surface area contributed by atoms with E-state index in [1.165, 1.54) is 0 Å². The van der Waals surface area contributed by atoms with E-state index < -0.39 is 0 Å². The van der Waals surface area contributed by atoms with Crippen molar-refractivity contribution in [2.24, 2.45) is 0 Å². The number of piperazine rings is 1. The van der Waals surface area contributed by atoms with Crippen LogP contribution in [0.3, 0.4) is 0 Å². The lowest BCUT2D eigenvalue weighted by atomic mass is 9.88. The molecule has 0 bridgehead atoms. The maximum absolute atomic E-state index is 13.3. The van der Waals surface area contributed by atoms with Gasteiger partial charge in [-0.1, -0.05) is 60.7 Å². The van der Waals surface area contributed by atoms with Gasteiger partial charge in [0.2, 0.25) is 11.8 Å². The Kier molecular flexibility index (Phi) is 4.97. The minimum absolute atomic E-state index is 0.00353. The lowest BCUT2D eigenvalue weighted by Crippen LogP contribution is -2.60. The van der Waals surface area contributed by atoms with E-state index in [0.717, 1.165) is 30.5 Å². The number of carbonyl (C=O) groups excluding carboxylic acids is 2. The van der Waals surface area contributed by atoms with Crippen molar-refractivity contribution in [2.75, 3.05) is 13.1 Å². The molecule has 2 atom stereocenters. The molecule has 2 saturated heterocycles. The zero-order chi connectivity index (χ0) is 18.8. The Morgan fingerprint density at radius 3 is 2.22 bits per heavy atom. The third-order valence-electron chi connectivity index (χ3n) is 6.00. The van der Waals surface area contributed by atoms with Gasteiger partial charge in [0.25, 0.3) is 0 Å². The smallest absolute Gasteiger partial charge is 0.245 e. The SMILES string of the molecule is C[C@H]1C(=O)N2CCC[C@H]2CN1C(=O)CC(c1ccccc1)c1ccccc1. The summed E-state index contributed by atoms with van der Waals surface area (Å²) in [6.07, 6.45) is 2.43. The fourth-order valence-corrected chi connectivity index (χ4v) is 4.48. The molecule has 2 amide bonds. The lowest BCUT2D eigenvalue weighted by molar-refractivity contribution is -0.152. The van der Waals surface area contributed by atoms with Gasteiger partial charge in [0.05, 0.1) is 0 Å². The molecule has 0 N–H and O–H groups in total. The summed E-state index contributed by atoms with van der Waals surface area (Å²) >= 11 is 0. The van der Waals surface area contributed by atoms with Gasteiger partial charge >= 0.3 is 0 Å². The molecular weight excluding hydrogens is 336 g/mol. The summed E-state index contributed by atoms with van der Waals surface area (Å²) in [5.41, 5.74) is 2.27. The fraction of sp³-hybridized carbons (Fsp3) is 0.391. The summed E-state index contributed by atoms with van der Waals surface area (Å²) < 4.78 is 0. The predicted octanol–water partition coefficient (Wildman–Crippen LogP) is 3.43. The molecule has 2 fully saturated rings. The third-order valence-corrected chi connectivity index (χ3v) is 6.00. The third kappa shape index (κ3) is 3.48. The van der Waals surface area contributed by atoms with Gasteiger partial charge in [-0.05, 0) is 30.9 Å². The highest BCUT2D eigenvalue weighted by molar-refractivity contribution is 5.89. The second kappa shape index (κ2) is 7.55. The monoisotopic (exact) mass is 362 g/mol. The zero-order valence-corrected chi connectivity index (χ0v) is 15.8. The molecule has 0 saturated carbocycles. The molecule has 0 aromatic heterocycles. The van der Waals surface area contributed by atoms with E-state index in [1.807, 2.05) is 53.1 Å². The second-order valence-corrected chi connectivity index (χ2v) is 7.63. The Bertz CT molecular complexity index is 766. The van der Waals surface area contributed by atoms with E-state index in [2.05, 4.69) is 24.3 Å². The van der Waals surface area contributed by atoms with E-state index in [4.69, 9.17) is 0 Å². The molecule has 2 heterocycles. The van der Waals surface area contributed by atoms with Crippen molar-refractivity contribution in [3.05, 3.63) is 71.8 Å². The van der Waals surface area contributed by atoms with Crippen LogP contribution in [0.4, 0.5) is 0 Å². The van der Waals surface area contributed by atoms with Crippen LogP contribution in [0.25, 0.3) is 0 Å².